The Kier molecular flexibility index (Phi) is 8.53. The molecule has 0 radical (unpaired) electrons. The highest BCUT2D eigenvalue weighted by molar-refractivity contribution is 5.00. The van der Waals surface area contributed by atoms with Crippen molar-refractivity contribution in [2.45, 2.75) is 43.8 Å². The maximum absolute atomic E-state index is 9.87. The van der Waals surface area contributed by atoms with Crippen LogP contribution in [0.15, 0.2) is 0 Å². The number of hydrogen-bond donors (Lipinski definition) is 2. The molecule has 0 rings (SSSR count). The number of aliphatic hydroxyl groups excluding tert-OH is 1. The van der Waals surface area contributed by atoms with E-state index in [0.29, 0.717) is 12.8 Å². The first kappa shape index (κ1) is 16.4. The van der Waals surface area contributed by atoms with Crippen molar-refractivity contribution in [1.82, 2.24) is 0 Å². The van der Waals surface area contributed by atoms with Crippen molar-refractivity contribution < 1.29 is 14.9 Å². The average Bonchev–Trinajstić information content (AvgIpc) is 2.40. The van der Waals surface area contributed by atoms with Crippen LogP contribution in [0.3, 0.4) is 0 Å². The minimum absolute atomic E-state index is 0.221. The van der Waals surface area contributed by atoms with Crippen molar-refractivity contribution in [1.29, 1.82) is 15.8 Å². The molecule has 6 nitrogen and oxygen atoms in total. The number of unbranched alkanes of at least 4 members (excludes halogenated alkanes) is 3. The maximum atomic E-state index is 9.87. The second-order valence-electron chi connectivity index (χ2n) is 3.97. The molecular weight excluding hydrogens is 234 g/mol. The smallest absolute Gasteiger partial charge is 0.174 e. The van der Waals surface area contributed by atoms with Crippen LogP contribution in [-0.2, 0) is 4.74 Å². The zero-order chi connectivity index (χ0) is 13.9. The zero-order valence-electron chi connectivity index (χ0n) is 10.2. The van der Waals surface area contributed by atoms with Crippen LogP contribution in [0.4, 0.5) is 0 Å². The number of aliphatic hydroxyl groups is 2. The van der Waals surface area contributed by atoms with E-state index in [2.05, 4.69) is 0 Å². The van der Waals surface area contributed by atoms with Gasteiger partial charge in [-0.05, 0) is 19.3 Å². The van der Waals surface area contributed by atoms with Gasteiger partial charge in [0.2, 0.25) is 0 Å². The quantitative estimate of drug-likeness (QED) is 0.457. The molecular formula is C12H17N3O3. The van der Waals surface area contributed by atoms with Crippen molar-refractivity contribution in [3.8, 4) is 18.2 Å². The highest BCUT2D eigenvalue weighted by Crippen LogP contribution is 2.16. The molecule has 0 aliphatic heterocycles. The van der Waals surface area contributed by atoms with E-state index in [1.807, 2.05) is 6.07 Å². The lowest BCUT2D eigenvalue weighted by atomic mass is 9.98. The predicted molar refractivity (Wildman–Crippen MR) is 61.7 cm³/mol. The molecule has 0 bridgehead atoms. The molecule has 98 valence electrons. The summed E-state index contributed by atoms with van der Waals surface area (Å²) in [5.74, 6) is 0. The van der Waals surface area contributed by atoms with Crippen LogP contribution in [0, 0.1) is 34.0 Å². The van der Waals surface area contributed by atoms with E-state index in [0.717, 1.165) is 12.8 Å². The van der Waals surface area contributed by atoms with Crippen molar-refractivity contribution >= 4 is 0 Å². The minimum atomic E-state index is -1.64. The predicted octanol–water partition coefficient (Wildman–Crippen LogP) is 0.616. The fraction of sp³-hybridized carbons (Fsp3) is 0.750. The van der Waals surface area contributed by atoms with Crippen molar-refractivity contribution in [3.05, 3.63) is 0 Å². The molecule has 0 saturated carbocycles. The van der Waals surface area contributed by atoms with Gasteiger partial charge < -0.3 is 14.9 Å². The topological polar surface area (TPSA) is 121 Å². The van der Waals surface area contributed by atoms with Crippen LogP contribution in [0.5, 0.6) is 0 Å². The van der Waals surface area contributed by atoms with E-state index in [-0.39, 0.29) is 13.0 Å². The Morgan fingerprint density at radius 3 is 2.39 bits per heavy atom. The molecule has 2 atom stereocenters. The van der Waals surface area contributed by atoms with Gasteiger partial charge in [-0.1, -0.05) is 6.42 Å². The zero-order valence-corrected chi connectivity index (χ0v) is 10.2. The molecule has 18 heavy (non-hydrogen) atoms. The normalized spacial score (nSPS) is 14.8. The van der Waals surface area contributed by atoms with Crippen molar-refractivity contribution in [3.63, 3.8) is 0 Å². The van der Waals surface area contributed by atoms with Gasteiger partial charge in [0.15, 0.2) is 11.7 Å². The summed E-state index contributed by atoms with van der Waals surface area (Å²) in [5, 5.41) is 44.4. The van der Waals surface area contributed by atoms with Crippen LogP contribution < -0.4 is 0 Å². The maximum Gasteiger partial charge on any atom is 0.174 e. The number of nitrogens with zero attached hydrogens (tertiary/aromatic N) is 3. The van der Waals surface area contributed by atoms with Crippen molar-refractivity contribution in [2.24, 2.45) is 0 Å². The van der Waals surface area contributed by atoms with Crippen LogP contribution in [0.1, 0.15) is 32.1 Å². The van der Waals surface area contributed by atoms with Gasteiger partial charge in [0.25, 0.3) is 0 Å². The molecule has 0 aliphatic carbocycles. The lowest BCUT2D eigenvalue weighted by Crippen LogP contribution is -2.35. The molecule has 0 fully saturated rings. The molecule has 0 aromatic carbocycles. The first-order valence-electron chi connectivity index (χ1n) is 5.74. The third-order valence-corrected chi connectivity index (χ3v) is 2.42. The van der Waals surface area contributed by atoms with Crippen LogP contribution in [-0.4, -0.2) is 35.1 Å². The summed E-state index contributed by atoms with van der Waals surface area (Å²) >= 11 is 0. The molecule has 0 heterocycles. The van der Waals surface area contributed by atoms with Crippen LogP contribution in [0.25, 0.3) is 0 Å². The Balaban J connectivity index is 4.01. The van der Waals surface area contributed by atoms with E-state index in [9.17, 15) is 5.11 Å². The highest BCUT2D eigenvalue weighted by atomic mass is 16.5. The summed E-state index contributed by atoms with van der Waals surface area (Å²) in [6, 6.07) is 5.47. The second-order valence-corrected chi connectivity index (χ2v) is 3.97. The Bertz CT molecular complexity index is 353. The Morgan fingerprint density at radius 2 is 1.89 bits per heavy atom. The largest absolute Gasteiger partial charge is 0.393 e. The highest BCUT2D eigenvalue weighted by Gasteiger charge is 2.27. The van der Waals surface area contributed by atoms with E-state index < -0.39 is 18.3 Å². The van der Waals surface area contributed by atoms with E-state index in [4.69, 9.17) is 25.6 Å². The average molecular weight is 251 g/mol. The number of rotatable bonds is 9. The van der Waals surface area contributed by atoms with Gasteiger partial charge in [-0.15, -0.1) is 0 Å². The monoisotopic (exact) mass is 251 g/mol. The summed E-state index contributed by atoms with van der Waals surface area (Å²) in [7, 11) is 0. The standard InChI is InChI=1S/C12H17N3O3/c13-6-4-2-1-3-5-12(17,9-15)10-18-11(7-14)8-16/h11,16-17H,1-5,8,10H2. The van der Waals surface area contributed by atoms with Gasteiger partial charge in [-0.2, -0.15) is 15.8 Å². The van der Waals surface area contributed by atoms with E-state index in [1.165, 1.54) is 0 Å². The molecule has 6 heteroatoms. The lowest BCUT2D eigenvalue weighted by molar-refractivity contribution is -0.0443. The van der Waals surface area contributed by atoms with Crippen LogP contribution in [0.2, 0.25) is 0 Å². The van der Waals surface area contributed by atoms with Gasteiger partial charge in [0, 0.05) is 6.42 Å². The first-order chi connectivity index (χ1) is 8.61. The fourth-order valence-corrected chi connectivity index (χ4v) is 1.33. The Morgan fingerprint density at radius 1 is 1.17 bits per heavy atom. The van der Waals surface area contributed by atoms with Gasteiger partial charge in [0.1, 0.15) is 0 Å². The van der Waals surface area contributed by atoms with E-state index >= 15 is 0 Å². The molecule has 2 unspecified atom stereocenters. The molecule has 0 aromatic heterocycles. The molecule has 0 spiro atoms. The first-order valence-corrected chi connectivity index (χ1v) is 5.74. The molecule has 0 aliphatic rings. The van der Waals surface area contributed by atoms with E-state index in [1.54, 1.807) is 12.1 Å². The van der Waals surface area contributed by atoms with Crippen LogP contribution >= 0.6 is 0 Å². The molecule has 2 N–H and O–H groups in total. The second kappa shape index (κ2) is 9.39. The third kappa shape index (κ3) is 6.83. The molecule has 0 amide bonds. The fourth-order valence-electron chi connectivity index (χ4n) is 1.33. The third-order valence-electron chi connectivity index (χ3n) is 2.42. The Labute approximate surface area is 107 Å². The summed E-state index contributed by atoms with van der Waals surface area (Å²) in [4.78, 5) is 0. The lowest BCUT2D eigenvalue weighted by Gasteiger charge is -2.21. The van der Waals surface area contributed by atoms with Gasteiger partial charge in [-0.25, -0.2) is 0 Å². The van der Waals surface area contributed by atoms with Gasteiger partial charge >= 0.3 is 0 Å². The Hall–Kier alpha value is -1.65. The van der Waals surface area contributed by atoms with Crippen molar-refractivity contribution in [2.75, 3.05) is 13.2 Å². The number of ether oxygens (including phenoxy) is 1. The summed E-state index contributed by atoms with van der Waals surface area (Å²) in [6.45, 7) is -0.777. The SMILES string of the molecule is N#CCCCCCC(O)(C#N)COC(C#N)CO. The van der Waals surface area contributed by atoms with Gasteiger partial charge in [0.05, 0.1) is 31.4 Å². The molecule has 0 saturated heterocycles. The number of hydrogen-bond acceptors (Lipinski definition) is 6. The van der Waals surface area contributed by atoms with Gasteiger partial charge in [-0.3, -0.25) is 0 Å². The minimum Gasteiger partial charge on any atom is -0.393 e. The molecule has 0 aromatic rings. The number of nitriles is 3. The summed E-state index contributed by atoms with van der Waals surface area (Å²) in [6.07, 6.45) is 1.74. The summed E-state index contributed by atoms with van der Waals surface area (Å²) in [5.41, 5.74) is -1.64. The summed E-state index contributed by atoms with van der Waals surface area (Å²) < 4.78 is 4.94.